The number of nitrogens with zero attached hydrogens (tertiary/aromatic N) is 1. The lowest BCUT2D eigenvalue weighted by Gasteiger charge is -2.26. The number of para-hydroxylation sites is 1. The minimum atomic E-state index is -4.12. The van der Waals surface area contributed by atoms with Crippen LogP contribution in [0.25, 0.3) is 0 Å². The number of carbonyl (C=O) groups excluding carboxylic acids is 1. The Hall–Kier alpha value is -2.38. The first-order chi connectivity index (χ1) is 12.3. The molecule has 0 fully saturated rings. The second-order valence-corrected chi connectivity index (χ2v) is 7.98. The molecule has 6 nitrogen and oxygen atoms in total. The quantitative estimate of drug-likeness (QED) is 0.781. The molecule has 0 bridgehead atoms. The summed E-state index contributed by atoms with van der Waals surface area (Å²) in [7, 11) is -4.12. The van der Waals surface area contributed by atoms with Crippen LogP contribution >= 0.6 is 0 Å². The molecule has 3 rings (SSSR count). The van der Waals surface area contributed by atoms with Gasteiger partial charge in [-0.05, 0) is 37.6 Å². The Morgan fingerprint density at radius 1 is 1.12 bits per heavy atom. The number of amides is 1. The Labute approximate surface area is 153 Å². The monoisotopic (exact) mass is 375 g/mol. The molecule has 0 spiro atoms. The van der Waals surface area contributed by atoms with Crippen molar-refractivity contribution in [3.8, 4) is 5.75 Å². The summed E-state index contributed by atoms with van der Waals surface area (Å²) in [6, 6.07) is 13.5. The number of aryl methyl sites for hydroxylation is 1. The number of carbonyl (C=O) groups is 1. The number of likely N-dealkylation sites (N-methyl/N-ethyl adjacent to an activating group) is 1. The van der Waals surface area contributed by atoms with Gasteiger partial charge in [-0.2, -0.15) is 8.42 Å². The molecule has 0 aliphatic carbocycles. The lowest BCUT2D eigenvalue weighted by Crippen LogP contribution is -2.48. The minimum Gasteiger partial charge on any atom is -0.395 e. The molecule has 2 aromatic rings. The third-order valence-corrected chi connectivity index (χ3v) is 5.91. The van der Waals surface area contributed by atoms with Crippen molar-refractivity contribution in [2.24, 2.45) is 0 Å². The van der Waals surface area contributed by atoms with Gasteiger partial charge < -0.3 is 14.2 Å². The fourth-order valence-corrected chi connectivity index (χ4v) is 4.76. The highest BCUT2D eigenvalue weighted by molar-refractivity contribution is 7.87. The second kappa shape index (κ2) is 6.74. The zero-order chi connectivity index (χ0) is 18.9. The molecule has 26 heavy (non-hydrogen) atoms. The van der Waals surface area contributed by atoms with Gasteiger partial charge in [-0.3, -0.25) is 4.79 Å². The smallest absolute Gasteiger partial charge is 0.310 e. The number of anilines is 1. The Kier molecular flexibility index (Phi) is 4.77. The van der Waals surface area contributed by atoms with Crippen molar-refractivity contribution in [3.05, 3.63) is 59.7 Å². The van der Waals surface area contributed by atoms with Crippen LogP contribution in [0.3, 0.4) is 0 Å². The largest absolute Gasteiger partial charge is 0.395 e. The van der Waals surface area contributed by atoms with E-state index in [-0.39, 0.29) is 5.75 Å². The Morgan fingerprint density at radius 2 is 1.77 bits per heavy atom. The zero-order valence-electron chi connectivity index (χ0n) is 14.7. The molecule has 1 N–H and O–H groups in total. The number of fused-ring (bicyclic) bond motifs is 1. The highest BCUT2D eigenvalue weighted by Crippen LogP contribution is 2.42. The Balaban J connectivity index is 1.98. The molecule has 1 unspecified atom stereocenters. The molecule has 0 saturated heterocycles. The number of aliphatic hydroxyl groups is 1. The van der Waals surface area contributed by atoms with Gasteiger partial charge in [-0.25, -0.2) is 0 Å². The predicted octanol–water partition coefficient (Wildman–Crippen LogP) is 2.00. The molecule has 1 amide bonds. The highest BCUT2D eigenvalue weighted by Gasteiger charge is 2.53. The summed E-state index contributed by atoms with van der Waals surface area (Å²) < 4.78 is 30.5. The van der Waals surface area contributed by atoms with E-state index < -0.39 is 33.8 Å². The summed E-state index contributed by atoms with van der Waals surface area (Å²) >= 11 is 0. The molecule has 7 heteroatoms. The van der Waals surface area contributed by atoms with Crippen molar-refractivity contribution in [2.45, 2.75) is 19.3 Å². The van der Waals surface area contributed by atoms with Crippen LogP contribution in [0.15, 0.2) is 48.5 Å². The van der Waals surface area contributed by atoms with Gasteiger partial charge in [0.1, 0.15) is 16.9 Å². The van der Waals surface area contributed by atoms with Gasteiger partial charge in [0.15, 0.2) is 0 Å². The maximum absolute atomic E-state index is 13.0. The molecule has 138 valence electrons. The lowest BCUT2D eigenvalue weighted by atomic mass is 9.84. The number of rotatable bonds is 6. The van der Waals surface area contributed by atoms with Crippen LogP contribution in [0.4, 0.5) is 5.69 Å². The minimum absolute atomic E-state index is 0.176. The van der Waals surface area contributed by atoms with Crippen LogP contribution < -0.4 is 9.08 Å². The fourth-order valence-electron chi connectivity index (χ4n) is 3.32. The predicted molar refractivity (Wildman–Crippen MR) is 98.8 cm³/mol. The number of hydrogen-bond acceptors (Lipinski definition) is 5. The van der Waals surface area contributed by atoms with Crippen molar-refractivity contribution in [3.63, 3.8) is 0 Å². The molecule has 1 aliphatic heterocycles. The number of aliphatic hydroxyl groups excluding tert-OH is 1. The topological polar surface area (TPSA) is 83.9 Å². The first-order valence-electron chi connectivity index (χ1n) is 8.34. The van der Waals surface area contributed by atoms with E-state index in [1.165, 1.54) is 4.90 Å². The van der Waals surface area contributed by atoms with Crippen molar-refractivity contribution in [1.29, 1.82) is 0 Å². The molecule has 0 aromatic heterocycles. The first-order valence-corrected chi connectivity index (χ1v) is 9.92. The first kappa shape index (κ1) is 18.4. The maximum atomic E-state index is 13.0. The highest BCUT2D eigenvalue weighted by atomic mass is 32.2. The summed E-state index contributed by atoms with van der Waals surface area (Å²) in [6.45, 7) is 3.46. The van der Waals surface area contributed by atoms with Gasteiger partial charge in [-0.1, -0.05) is 35.9 Å². The standard InChI is InChI=1S/C19H21NO5S/c1-3-20-17-7-5-4-6-16(17)19(12-21,18(20)22)13-26(23,24)25-15-10-8-14(2)9-11-15/h4-11,21H,3,12-13H2,1-2H3. The maximum Gasteiger partial charge on any atom is 0.310 e. The van der Waals surface area contributed by atoms with Crippen molar-refractivity contribution < 1.29 is 22.5 Å². The van der Waals surface area contributed by atoms with E-state index in [2.05, 4.69) is 0 Å². The summed E-state index contributed by atoms with van der Waals surface area (Å²) in [5.74, 6) is -0.883. The average molecular weight is 375 g/mol. The van der Waals surface area contributed by atoms with Gasteiger partial charge in [0.25, 0.3) is 0 Å². The molecule has 0 radical (unpaired) electrons. The van der Waals surface area contributed by atoms with Crippen LogP contribution in [0.5, 0.6) is 5.75 Å². The van der Waals surface area contributed by atoms with E-state index in [0.29, 0.717) is 17.8 Å². The molecular formula is C19H21NO5S. The molecule has 1 atom stereocenters. The van der Waals surface area contributed by atoms with Gasteiger partial charge in [-0.15, -0.1) is 0 Å². The van der Waals surface area contributed by atoms with Gasteiger partial charge >= 0.3 is 10.1 Å². The summed E-state index contributed by atoms with van der Waals surface area (Å²) in [6.07, 6.45) is 0. The van der Waals surface area contributed by atoms with Gasteiger partial charge in [0.2, 0.25) is 5.91 Å². The Bertz CT molecular complexity index is 923. The van der Waals surface area contributed by atoms with Crippen molar-refractivity contribution in [1.82, 2.24) is 0 Å². The van der Waals surface area contributed by atoms with Gasteiger partial charge in [0.05, 0.1) is 6.61 Å². The van der Waals surface area contributed by atoms with E-state index in [9.17, 15) is 18.3 Å². The fraction of sp³-hybridized carbons (Fsp3) is 0.316. The normalized spacial score (nSPS) is 19.5. The summed E-state index contributed by atoms with van der Waals surface area (Å²) in [5.41, 5.74) is 0.543. The van der Waals surface area contributed by atoms with Crippen LogP contribution in [-0.4, -0.2) is 38.3 Å². The van der Waals surface area contributed by atoms with Crippen molar-refractivity contribution in [2.75, 3.05) is 23.8 Å². The molecule has 2 aromatic carbocycles. The number of benzene rings is 2. The number of hydrogen-bond donors (Lipinski definition) is 1. The second-order valence-electron chi connectivity index (χ2n) is 6.41. The van der Waals surface area contributed by atoms with Crippen LogP contribution in [0.2, 0.25) is 0 Å². The molecule has 1 aliphatic rings. The van der Waals surface area contributed by atoms with E-state index in [0.717, 1.165) is 5.56 Å². The van der Waals surface area contributed by atoms with Gasteiger partial charge in [0, 0.05) is 12.2 Å². The Morgan fingerprint density at radius 3 is 2.38 bits per heavy atom. The zero-order valence-corrected chi connectivity index (χ0v) is 15.5. The SMILES string of the molecule is CCN1C(=O)C(CO)(CS(=O)(=O)Oc2ccc(C)cc2)c2ccccc21. The third-order valence-electron chi connectivity index (χ3n) is 4.62. The van der Waals surface area contributed by atoms with E-state index >= 15 is 0 Å². The van der Waals surface area contributed by atoms with E-state index in [1.54, 1.807) is 55.5 Å². The van der Waals surface area contributed by atoms with E-state index in [4.69, 9.17) is 4.18 Å². The van der Waals surface area contributed by atoms with Crippen LogP contribution in [0.1, 0.15) is 18.1 Å². The van der Waals surface area contributed by atoms with Crippen molar-refractivity contribution >= 4 is 21.7 Å². The van der Waals surface area contributed by atoms with Crippen LogP contribution in [-0.2, 0) is 20.3 Å². The van der Waals surface area contributed by atoms with Crippen LogP contribution in [0, 0.1) is 6.92 Å². The third kappa shape index (κ3) is 3.08. The lowest BCUT2D eigenvalue weighted by molar-refractivity contribution is -0.123. The molecular weight excluding hydrogens is 354 g/mol. The molecule has 1 heterocycles. The summed E-state index contributed by atoms with van der Waals surface area (Å²) in [4.78, 5) is 14.5. The van der Waals surface area contributed by atoms with E-state index in [1.807, 2.05) is 6.92 Å². The molecule has 0 saturated carbocycles. The average Bonchev–Trinajstić information content (AvgIpc) is 2.85. The summed E-state index contributed by atoms with van der Waals surface area (Å²) in [5, 5.41) is 10.0.